The highest BCUT2D eigenvalue weighted by molar-refractivity contribution is 5.92. The molecule has 0 aliphatic rings. The molecule has 1 atom stereocenters. The van der Waals surface area contributed by atoms with Crippen molar-refractivity contribution < 1.29 is 14.5 Å². The lowest BCUT2D eigenvalue weighted by Gasteiger charge is -2.08. The molecule has 0 amide bonds. The molecule has 17 heavy (non-hydrogen) atoms. The van der Waals surface area contributed by atoms with Gasteiger partial charge in [0.25, 0.3) is 5.69 Å². The second-order valence-electron chi connectivity index (χ2n) is 3.38. The molecular weight excluding hydrogens is 224 g/mol. The molecule has 0 heterocycles. The van der Waals surface area contributed by atoms with Crippen LogP contribution in [0.25, 0.3) is 0 Å². The molecule has 88 valence electrons. The van der Waals surface area contributed by atoms with E-state index in [0.717, 1.165) is 0 Å². The van der Waals surface area contributed by atoms with Crippen molar-refractivity contribution >= 4 is 11.7 Å². The van der Waals surface area contributed by atoms with E-state index in [0.29, 0.717) is 0 Å². The first-order chi connectivity index (χ1) is 7.97. The molecule has 6 nitrogen and oxygen atoms in total. The van der Waals surface area contributed by atoms with E-state index in [1.54, 1.807) is 6.07 Å². The molecule has 6 heteroatoms. The number of ether oxygens (including phenoxy) is 1. The first-order valence-electron chi connectivity index (χ1n) is 4.82. The zero-order valence-corrected chi connectivity index (χ0v) is 9.34. The number of carbonyl (C=O) groups excluding carboxylic acids is 1. The Morgan fingerprint density at radius 1 is 1.59 bits per heavy atom. The third kappa shape index (κ3) is 2.78. The van der Waals surface area contributed by atoms with Crippen LogP contribution in [0.1, 0.15) is 22.8 Å². The molecule has 0 spiro atoms. The van der Waals surface area contributed by atoms with E-state index in [-0.39, 0.29) is 16.8 Å². The second kappa shape index (κ2) is 5.07. The standard InChI is InChI=1S/C11H10N2O4/c1-7(6-12)17-11(14)9-4-3-5-10(8(9)2)13(15)16/h3-5,7H,1-2H3/t7-/m0/s1. The first-order valence-corrected chi connectivity index (χ1v) is 4.82. The maximum atomic E-state index is 11.6. The number of carbonyl (C=O) groups is 1. The predicted octanol–water partition coefficient (Wildman–Crippen LogP) is 1.97. The lowest BCUT2D eigenvalue weighted by atomic mass is 10.1. The minimum absolute atomic E-state index is 0.0984. The van der Waals surface area contributed by atoms with E-state index in [1.807, 2.05) is 0 Å². The Morgan fingerprint density at radius 3 is 2.76 bits per heavy atom. The predicted molar refractivity (Wildman–Crippen MR) is 58.3 cm³/mol. The van der Waals surface area contributed by atoms with Gasteiger partial charge in [0, 0.05) is 11.6 Å². The van der Waals surface area contributed by atoms with Crippen LogP contribution in [-0.4, -0.2) is 17.0 Å². The summed E-state index contributed by atoms with van der Waals surface area (Å²) in [6, 6.07) is 5.88. The quantitative estimate of drug-likeness (QED) is 0.452. The summed E-state index contributed by atoms with van der Waals surface area (Å²) in [5.41, 5.74) is 0.179. The number of hydrogen-bond acceptors (Lipinski definition) is 5. The van der Waals surface area contributed by atoms with E-state index in [2.05, 4.69) is 0 Å². The van der Waals surface area contributed by atoms with Crippen LogP contribution in [0.3, 0.4) is 0 Å². The number of esters is 1. The molecule has 0 fully saturated rings. The number of rotatable bonds is 3. The number of nitrogens with zero attached hydrogens (tertiary/aromatic N) is 2. The highest BCUT2D eigenvalue weighted by Crippen LogP contribution is 2.21. The Kier molecular flexibility index (Phi) is 3.78. The van der Waals surface area contributed by atoms with Crippen molar-refractivity contribution in [3.05, 3.63) is 39.4 Å². The largest absolute Gasteiger partial charge is 0.444 e. The van der Waals surface area contributed by atoms with Crippen LogP contribution in [0.4, 0.5) is 5.69 Å². The van der Waals surface area contributed by atoms with Crippen molar-refractivity contribution in [3.8, 4) is 6.07 Å². The Morgan fingerprint density at radius 2 is 2.24 bits per heavy atom. The highest BCUT2D eigenvalue weighted by Gasteiger charge is 2.20. The average Bonchev–Trinajstić information content (AvgIpc) is 2.28. The fraction of sp³-hybridized carbons (Fsp3) is 0.273. The summed E-state index contributed by atoms with van der Waals surface area (Å²) >= 11 is 0. The van der Waals surface area contributed by atoms with Gasteiger partial charge < -0.3 is 4.74 Å². The first kappa shape index (κ1) is 12.6. The van der Waals surface area contributed by atoms with Gasteiger partial charge in [0.15, 0.2) is 6.10 Å². The zero-order valence-electron chi connectivity index (χ0n) is 9.34. The molecule has 0 aromatic heterocycles. The monoisotopic (exact) mass is 234 g/mol. The molecule has 0 bridgehead atoms. The lowest BCUT2D eigenvalue weighted by Crippen LogP contribution is -2.14. The number of nitriles is 1. The van der Waals surface area contributed by atoms with E-state index in [9.17, 15) is 14.9 Å². The molecule has 1 rings (SSSR count). The molecule has 0 radical (unpaired) electrons. The van der Waals surface area contributed by atoms with Gasteiger partial charge >= 0.3 is 5.97 Å². The normalized spacial score (nSPS) is 11.4. The summed E-state index contributed by atoms with van der Waals surface area (Å²) in [4.78, 5) is 21.7. The van der Waals surface area contributed by atoms with Gasteiger partial charge in [-0.1, -0.05) is 6.07 Å². The number of benzene rings is 1. The van der Waals surface area contributed by atoms with E-state index >= 15 is 0 Å². The van der Waals surface area contributed by atoms with Crippen molar-refractivity contribution in [1.29, 1.82) is 5.26 Å². The van der Waals surface area contributed by atoms with E-state index < -0.39 is 17.0 Å². The van der Waals surface area contributed by atoms with Crippen molar-refractivity contribution in [2.45, 2.75) is 20.0 Å². The van der Waals surface area contributed by atoms with Gasteiger partial charge in [0.05, 0.1) is 10.5 Å². The van der Waals surface area contributed by atoms with Crippen molar-refractivity contribution in [2.75, 3.05) is 0 Å². The number of nitro benzene ring substituents is 1. The van der Waals surface area contributed by atoms with Crippen LogP contribution in [0.5, 0.6) is 0 Å². The molecule has 0 N–H and O–H groups in total. The van der Waals surface area contributed by atoms with Crippen LogP contribution < -0.4 is 0 Å². The molecule has 0 aliphatic heterocycles. The third-order valence-corrected chi connectivity index (χ3v) is 2.19. The molecule has 1 aromatic carbocycles. The number of hydrogen-bond donors (Lipinski definition) is 0. The van der Waals surface area contributed by atoms with Gasteiger partial charge in [0.1, 0.15) is 6.07 Å². The Bertz CT molecular complexity index is 505. The smallest absolute Gasteiger partial charge is 0.339 e. The zero-order chi connectivity index (χ0) is 13.0. The average molecular weight is 234 g/mol. The Labute approximate surface area is 97.6 Å². The van der Waals surface area contributed by atoms with Gasteiger partial charge in [0.2, 0.25) is 0 Å². The van der Waals surface area contributed by atoms with Crippen LogP contribution in [0.15, 0.2) is 18.2 Å². The molecule has 0 saturated heterocycles. The van der Waals surface area contributed by atoms with E-state index in [1.165, 1.54) is 32.0 Å². The van der Waals surface area contributed by atoms with Crippen LogP contribution in [0, 0.1) is 28.4 Å². The van der Waals surface area contributed by atoms with Gasteiger partial charge in [-0.2, -0.15) is 5.26 Å². The van der Waals surface area contributed by atoms with Crippen molar-refractivity contribution in [1.82, 2.24) is 0 Å². The maximum Gasteiger partial charge on any atom is 0.339 e. The van der Waals surface area contributed by atoms with Crippen molar-refractivity contribution in [2.24, 2.45) is 0 Å². The SMILES string of the molecule is Cc1c(C(=O)O[C@@H](C)C#N)cccc1[N+](=O)[O-]. The lowest BCUT2D eigenvalue weighted by molar-refractivity contribution is -0.385. The summed E-state index contributed by atoms with van der Waals surface area (Å²) < 4.78 is 4.78. The minimum atomic E-state index is -0.888. The van der Waals surface area contributed by atoms with Crippen molar-refractivity contribution in [3.63, 3.8) is 0 Å². The number of nitro groups is 1. The fourth-order valence-corrected chi connectivity index (χ4v) is 1.29. The summed E-state index contributed by atoms with van der Waals surface area (Å²) in [6.07, 6.45) is -0.888. The Balaban J connectivity index is 3.08. The highest BCUT2D eigenvalue weighted by atomic mass is 16.6. The third-order valence-electron chi connectivity index (χ3n) is 2.19. The second-order valence-corrected chi connectivity index (χ2v) is 3.38. The molecule has 0 unspecified atom stereocenters. The fourth-order valence-electron chi connectivity index (χ4n) is 1.29. The molecular formula is C11H10N2O4. The van der Waals surface area contributed by atoms with Crippen LogP contribution >= 0.6 is 0 Å². The summed E-state index contributed by atoms with van der Waals surface area (Å²) in [7, 11) is 0. The van der Waals surface area contributed by atoms with E-state index in [4.69, 9.17) is 10.00 Å². The Hall–Kier alpha value is -2.42. The van der Waals surface area contributed by atoms with Gasteiger partial charge in [-0.25, -0.2) is 4.79 Å². The van der Waals surface area contributed by atoms with Gasteiger partial charge in [-0.15, -0.1) is 0 Å². The summed E-state index contributed by atoms with van der Waals surface area (Å²) in [5, 5.41) is 19.2. The minimum Gasteiger partial charge on any atom is -0.444 e. The van der Waals surface area contributed by atoms with Gasteiger partial charge in [-0.3, -0.25) is 10.1 Å². The molecule has 1 aromatic rings. The van der Waals surface area contributed by atoms with Crippen LogP contribution in [0.2, 0.25) is 0 Å². The van der Waals surface area contributed by atoms with Crippen LogP contribution in [-0.2, 0) is 4.74 Å². The maximum absolute atomic E-state index is 11.6. The molecule has 0 saturated carbocycles. The topological polar surface area (TPSA) is 93.2 Å². The summed E-state index contributed by atoms with van der Waals surface area (Å²) in [5.74, 6) is -0.736. The summed E-state index contributed by atoms with van der Waals surface area (Å²) in [6.45, 7) is 2.89. The molecule has 0 aliphatic carbocycles. The van der Waals surface area contributed by atoms with Gasteiger partial charge in [-0.05, 0) is 19.9 Å².